The van der Waals surface area contributed by atoms with Crippen molar-refractivity contribution in [2.24, 2.45) is 0 Å². The summed E-state index contributed by atoms with van der Waals surface area (Å²) in [6.45, 7) is 3.68. The Labute approximate surface area is 91.4 Å². The Morgan fingerprint density at radius 3 is 1.81 bits per heavy atom. The van der Waals surface area contributed by atoms with Crippen LogP contribution in [0.4, 0.5) is 17.1 Å². The SMILES string of the molecule is CC(C)Nc1cc([N+](=O)[O-])cc([N+](=O)[O-])c1. The second-order valence-electron chi connectivity index (χ2n) is 3.55. The lowest BCUT2D eigenvalue weighted by molar-refractivity contribution is -0.394. The first kappa shape index (κ1) is 11.9. The molecule has 1 N–H and O–H groups in total. The van der Waals surface area contributed by atoms with Crippen molar-refractivity contribution < 1.29 is 9.85 Å². The number of nitro groups is 2. The molecule has 86 valence electrons. The summed E-state index contributed by atoms with van der Waals surface area (Å²) in [6.07, 6.45) is 0. The molecule has 0 fully saturated rings. The first-order chi connectivity index (χ1) is 7.40. The van der Waals surface area contributed by atoms with Gasteiger partial charge in [-0.05, 0) is 13.8 Å². The largest absolute Gasteiger partial charge is 0.382 e. The fourth-order valence-corrected chi connectivity index (χ4v) is 1.22. The monoisotopic (exact) mass is 225 g/mol. The van der Waals surface area contributed by atoms with Gasteiger partial charge >= 0.3 is 0 Å². The number of anilines is 1. The number of nitrogens with one attached hydrogen (secondary N) is 1. The highest BCUT2D eigenvalue weighted by Gasteiger charge is 2.16. The van der Waals surface area contributed by atoms with Gasteiger partial charge < -0.3 is 5.32 Å². The van der Waals surface area contributed by atoms with E-state index in [1.165, 1.54) is 12.1 Å². The van der Waals surface area contributed by atoms with Crippen molar-refractivity contribution in [3.05, 3.63) is 38.4 Å². The predicted molar refractivity (Wildman–Crippen MR) is 58.5 cm³/mol. The molecule has 1 aromatic carbocycles. The van der Waals surface area contributed by atoms with Crippen LogP contribution in [0, 0.1) is 20.2 Å². The molecule has 7 nitrogen and oxygen atoms in total. The highest BCUT2D eigenvalue weighted by molar-refractivity contribution is 5.59. The van der Waals surface area contributed by atoms with Gasteiger partial charge in [0.1, 0.15) is 0 Å². The smallest absolute Gasteiger partial charge is 0.278 e. The number of nitro benzene ring substituents is 2. The number of hydrogen-bond donors (Lipinski definition) is 1. The van der Waals surface area contributed by atoms with E-state index >= 15 is 0 Å². The quantitative estimate of drug-likeness (QED) is 0.626. The van der Waals surface area contributed by atoms with Crippen LogP contribution in [-0.2, 0) is 0 Å². The summed E-state index contributed by atoms with van der Waals surface area (Å²) in [5, 5.41) is 24.0. The molecule has 0 bridgehead atoms. The van der Waals surface area contributed by atoms with Gasteiger partial charge in [0.2, 0.25) is 0 Å². The van der Waals surface area contributed by atoms with Crippen LogP contribution in [0.15, 0.2) is 18.2 Å². The van der Waals surface area contributed by atoms with Crippen molar-refractivity contribution in [1.29, 1.82) is 0 Å². The maximum atomic E-state index is 10.6. The summed E-state index contributed by atoms with van der Waals surface area (Å²) in [6, 6.07) is 3.52. The Hall–Kier alpha value is -2.18. The predicted octanol–water partition coefficient (Wildman–Crippen LogP) is 2.32. The van der Waals surface area contributed by atoms with E-state index in [1.807, 2.05) is 13.8 Å². The molecule has 0 heterocycles. The standard InChI is InChI=1S/C9H11N3O4/c1-6(2)10-7-3-8(11(13)14)5-9(4-7)12(15)16/h3-6,10H,1-2H3. The van der Waals surface area contributed by atoms with Gasteiger partial charge in [-0.2, -0.15) is 0 Å². The maximum Gasteiger partial charge on any atom is 0.278 e. The van der Waals surface area contributed by atoms with E-state index in [9.17, 15) is 20.2 Å². The van der Waals surface area contributed by atoms with Crippen LogP contribution in [0.25, 0.3) is 0 Å². The van der Waals surface area contributed by atoms with E-state index in [4.69, 9.17) is 0 Å². The third kappa shape index (κ3) is 2.91. The van der Waals surface area contributed by atoms with Crippen molar-refractivity contribution in [3.63, 3.8) is 0 Å². The van der Waals surface area contributed by atoms with Crippen LogP contribution in [-0.4, -0.2) is 15.9 Å². The Balaban J connectivity index is 3.18. The Morgan fingerprint density at radius 2 is 1.50 bits per heavy atom. The molecule has 1 aromatic rings. The molecule has 7 heteroatoms. The molecular weight excluding hydrogens is 214 g/mol. The highest BCUT2D eigenvalue weighted by atomic mass is 16.6. The summed E-state index contributed by atoms with van der Waals surface area (Å²) in [5.41, 5.74) is -0.217. The van der Waals surface area contributed by atoms with Gasteiger partial charge in [-0.3, -0.25) is 20.2 Å². The van der Waals surface area contributed by atoms with Crippen LogP contribution in [0.1, 0.15) is 13.8 Å². The Bertz CT molecular complexity index is 399. The zero-order valence-electron chi connectivity index (χ0n) is 8.84. The van der Waals surface area contributed by atoms with Crippen LogP contribution < -0.4 is 5.32 Å². The first-order valence-corrected chi connectivity index (χ1v) is 4.60. The zero-order chi connectivity index (χ0) is 12.3. The molecule has 0 amide bonds. The number of rotatable bonds is 4. The van der Waals surface area contributed by atoms with Gasteiger partial charge in [-0.15, -0.1) is 0 Å². The third-order valence-electron chi connectivity index (χ3n) is 1.78. The van der Waals surface area contributed by atoms with Gasteiger partial charge in [0.05, 0.1) is 15.9 Å². The fourth-order valence-electron chi connectivity index (χ4n) is 1.22. The topological polar surface area (TPSA) is 98.3 Å². The fraction of sp³-hybridized carbons (Fsp3) is 0.333. The minimum Gasteiger partial charge on any atom is -0.382 e. The minimum absolute atomic E-state index is 0.0432. The normalized spacial score (nSPS) is 10.2. The van der Waals surface area contributed by atoms with Crippen molar-refractivity contribution in [3.8, 4) is 0 Å². The first-order valence-electron chi connectivity index (χ1n) is 4.60. The van der Waals surface area contributed by atoms with Crippen molar-refractivity contribution >= 4 is 17.1 Å². The molecule has 0 aromatic heterocycles. The molecule has 16 heavy (non-hydrogen) atoms. The zero-order valence-corrected chi connectivity index (χ0v) is 8.84. The molecule has 0 saturated heterocycles. The number of nitrogens with zero attached hydrogens (tertiary/aromatic N) is 2. The van der Waals surface area contributed by atoms with E-state index in [2.05, 4.69) is 5.32 Å². The van der Waals surface area contributed by atoms with E-state index in [0.717, 1.165) is 6.07 Å². The number of benzene rings is 1. The number of non-ortho nitro benzene ring substituents is 2. The molecule has 0 aliphatic rings. The average Bonchev–Trinajstić information content (AvgIpc) is 2.15. The summed E-state index contributed by atoms with van der Waals surface area (Å²) in [4.78, 5) is 19.8. The Morgan fingerprint density at radius 1 is 1.06 bits per heavy atom. The van der Waals surface area contributed by atoms with Crippen molar-refractivity contribution in [2.75, 3.05) is 5.32 Å². The van der Waals surface area contributed by atoms with Gasteiger partial charge in [0, 0.05) is 23.9 Å². The summed E-state index contributed by atoms with van der Waals surface area (Å²) < 4.78 is 0. The lowest BCUT2D eigenvalue weighted by atomic mass is 10.2. The summed E-state index contributed by atoms with van der Waals surface area (Å²) >= 11 is 0. The molecular formula is C9H11N3O4. The summed E-state index contributed by atoms with van der Waals surface area (Å²) in [7, 11) is 0. The van der Waals surface area contributed by atoms with Gasteiger partial charge in [-0.1, -0.05) is 0 Å². The highest BCUT2D eigenvalue weighted by Crippen LogP contribution is 2.26. The molecule has 0 aliphatic heterocycles. The second kappa shape index (κ2) is 4.56. The maximum absolute atomic E-state index is 10.6. The summed E-state index contributed by atoms with van der Waals surface area (Å²) in [5.74, 6) is 0. The van der Waals surface area contributed by atoms with E-state index < -0.39 is 9.85 Å². The molecule has 0 saturated carbocycles. The van der Waals surface area contributed by atoms with Crippen LogP contribution in [0.3, 0.4) is 0 Å². The Kier molecular flexibility index (Phi) is 3.39. The van der Waals surface area contributed by atoms with Crippen molar-refractivity contribution in [1.82, 2.24) is 0 Å². The van der Waals surface area contributed by atoms with Crippen LogP contribution in [0.5, 0.6) is 0 Å². The molecule has 0 spiro atoms. The lowest BCUT2D eigenvalue weighted by Gasteiger charge is -2.09. The molecule has 0 radical (unpaired) electrons. The molecule has 1 rings (SSSR count). The molecule has 0 atom stereocenters. The van der Waals surface area contributed by atoms with E-state index in [0.29, 0.717) is 5.69 Å². The van der Waals surface area contributed by atoms with E-state index in [1.54, 1.807) is 0 Å². The molecule has 0 aliphatic carbocycles. The second-order valence-corrected chi connectivity index (χ2v) is 3.55. The lowest BCUT2D eigenvalue weighted by Crippen LogP contribution is -2.10. The third-order valence-corrected chi connectivity index (χ3v) is 1.78. The van der Waals surface area contributed by atoms with Gasteiger partial charge in [0.15, 0.2) is 0 Å². The van der Waals surface area contributed by atoms with Gasteiger partial charge in [-0.25, -0.2) is 0 Å². The van der Waals surface area contributed by atoms with E-state index in [-0.39, 0.29) is 17.4 Å². The average molecular weight is 225 g/mol. The number of hydrogen-bond acceptors (Lipinski definition) is 5. The minimum atomic E-state index is -0.654. The van der Waals surface area contributed by atoms with Crippen LogP contribution >= 0.6 is 0 Å². The van der Waals surface area contributed by atoms with Gasteiger partial charge in [0.25, 0.3) is 11.4 Å². The van der Waals surface area contributed by atoms with Crippen molar-refractivity contribution in [2.45, 2.75) is 19.9 Å². The molecule has 0 unspecified atom stereocenters. The van der Waals surface area contributed by atoms with Crippen LogP contribution in [0.2, 0.25) is 0 Å².